The number of nitrogens with zero attached hydrogens (tertiary/aromatic N) is 4. The number of aryl methyl sites for hydroxylation is 2. The van der Waals surface area contributed by atoms with Crippen LogP contribution < -0.4 is 11.1 Å². The number of aromatic nitrogens is 4. The van der Waals surface area contributed by atoms with E-state index in [1.54, 1.807) is 17.5 Å². The van der Waals surface area contributed by atoms with E-state index in [9.17, 15) is 0 Å². The van der Waals surface area contributed by atoms with Gasteiger partial charge in [0.1, 0.15) is 17.0 Å². The summed E-state index contributed by atoms with van der Waals surface area (Å²) < 4.78 is 0. The fourth-order valence-electron chi connectivity index (χ4n) is 2.45. The van der Waals surface area contributed by atoms with Crippen molar-refractivity contribution in [3.8, 4) is 0 Å². The molecule has 4 aromatic rings. The van der Waals surface area contributed by atoms with Crippen LogP contribution in [0.5, 0.6) is 0 Å². The Kier molecular flexibility index (Phi) is 4.44. The maximum atomic E-state index is 6.32. The topological polar surface area (TPSA) is 89.6 Å². The number of nitrogens with two attached hydrogens (primary N) is 1. The standard InChI is InChI=1S/C18H16N6S2/c1-10-11(2)25-18(23-10)24-16-14(19)17(22-9-21-16)26-13-7-3-5-12-6-4-8-20-15(12)13/h3-9H,19H2,1-2H3,(H,21,22,23,24). The molecule has 0 aliphatic carbocycles. The molecule has 0 bridgehead atoms. The maximum absolute atomic E-state index is 6.32. The van der Waals surface area contributed by atoms with Gasteiger partial charge in [0.2, 0.25) is 0 Å². The molecule has 0 spiro atoms. The van der Waals surface area contributed by atoms with Crippen molar-refractivity contribution >= 4 is 50.6 Å². The van der Waals surface area contributed by atoms with Crippen LogP contribution >= 0.6 is 23.1 Å². The van der Waals surface area contributed by atoms with Crippen molar-refractivity contribution in [1.82, 2.24) is 19.9 Å². The van der Waals surface area contributed by atoms with E-state index in [2.05, 4.69) is 25.3 Å². The van der Waals surface area contributed by atoms with Crippen LogP contribution in [-0.4, -0.2) is 19.9 Å². The molecule has 0 unspecified atom stereocenters. The van der Waals surface area contributed by atoms with Gasteiger partial charge in [0.25, 0.3) is 0 Å². The van der Waals surface area contributed by atoms with Crippen molar-refractivity contribution in [2.24, 2.45) is 0 Å². The highest BCUT2D eigenvalue weighted by atomic mass is 32.2. The minimum absolute atomic E-state index is 0.496. The molecular weight excluding hydrogens is 364 g/mol. The summed E-state index contributed by atoms with van der Waals surface area (Å²) in [5, 5.41) is 5.74. The van der Waals surface area contributed by atoms with E-state index >= 15 is 0 Å². The van der Waals surface area contributed by atoms with Crippen LogP contribution in [0.3, 0.4) is 0 Å². The van der Waals surface area contributed by atoms with E-state index in [1.807, 2.05) is 44.2 Å². The molecule has 0 amide bonds. The molecular formula is C18H16N6S2. The van der Waals surface area contributed by atoms with Gasteiger partial charge in [0.05, 0.1) is 11.2 Å². The number of fused-ring (bicyclic) bond motifs is 1. The fourth-order valence-corrected chi connectivity index (χ4v) is 4.19. The summed E-state index contributed by atoms with van der Waals surface area (Å²) in [5.41, 5.74) is 8.74. The van der Waals surface area contributed by atoms with Crippen LogP contribution in [0.4, 0.5) is 16.6 Å². The molecule has 1 aromatic carbocycles. The van der Waals surface area contributed by atoms with Crippen molar-refractivity contribution in [3.05, 3.63) is 53.4 Å². The van der Waals surface area contributed by atoms with Gasteiger partial charge in [-0.05, 0) is 26.0 Å². The van der Waals surface area contributed by atoms with Crippen LogP contribution in [0.25, 0.3) is 10.9 Å². The number of thiazole rings is 1. The molecule has 0 saturated carbocycles. The van der Waals surface area contributed by atoms with Gasteiger partial charge in [-0.25, -0.2) is 15.0 Å². The highest BCUT2D eigenvalue weighted by Crippen LogP contribution is 2.37. The van der Waals surface area contributed by atoms with Gasteiger partial charge in [-0.2, -0.15) is 0 Å². The molecule has 4 rings (SSSR count). The molecule has 0 saturated heterocycles. The molecule has 0 atom stereocenters. The molecule has 3 heterocycles. The lowest BCUT2D eigenvalue weighted by Gasteiger charge is -2.10. The molecule has 3 N–H and O–H groups in total. The van der Waals surface area contributed by atoms with E-state index in [0.29, 0.717) is 16.5 Å². The predicted molar refractivity (Wildman–Crippen MR) is 107 cm³/mol. The summed E-state index contributed by atoms with van der Waals surface area (Å²) in [5.74, 6) is 0.560. The maximum Gasteiger partial charge on any atom is 0.188 e. The second kappa shape index (κ2) is 6.89. The van der Waals surface area contributed by atoms with Crippen molar-refractivity contribution in [2.45, 2.75) is 23.8 Å². The average Bonchev–Trinajstić information content (AvgIpc) is 2.96. The number of rotatable bonds is 4. The zero-order valence-electron chi connectivity index (χ0n) is 14.2. The van der Waals surface area contributed by atoms with Gasteiger partial charge < -0.3 is 11.1 Å². The Morgan fingerprint density at radius 3 is 2.73 bits per heavy atom. The third-order valence-electron chi connectivity index (χ3n) is 3.90. The van der Waals surface area contributed by atoms with Gasteiger partial charge in [-0.15, -0.1) is 11.3 Å². The highest BCUT2D eigenvalue weighted by molar-refractivity contribution is 7.99. The number of pyridine rings is 1. The van der Waals surface area contributed by atoms with Crippen molar-refractivity contribution in [2.75, 3.05) is 11.1 Å². The summed E-state index contributed by atoms with van der Waals surface area (Å²) in [7, 11) is 0. The Morgan fingerprint density at radius 2 is 1.92 bits per heavy atom. The van der Waals surface area contributed by atoms with Gasteiger partial charge >= 0.3 is 0 Å². The normalized spacial score (nSPS) is 11.0. The summed E-state index contributed by atoms with van der Waals surface area (Å²) in [4.78, 5) is 19.7. The van der Waals surface area contributed by atoms with E-state index < -0.39 is 0 Å². The number of nitrogen functional groups attached to an aromatic ring is 1. The first-order valence-electron chi connectivity index (χ1n) is 7.95. The Labute approximate surface area is 158 Å². The summed E-state index contributed by atoms with van der Waals surface area (Å²) in [6.07, 6.45) is 3.29. The highest BCUT2D eigenvalue weighted by Gasteiger charge is 2.13. The number of hydrogen-bond donors (Lipinski definition) is 2. The first-order chi connectivity index (χ1) is 12.6. The zero-order chi connectivity index (χ0) is 18.1. The quantitative estimate of drug-likeness (QED) is 0.501. The molecule has 0 aliphatic rings. The van der Waals surface area contributed by atoms with Gasteiger partial charge in [0, 0.05) is 21.4 Å². The first kappa shape index (κ1) is 16.7. The predicted octanol–water partition coefficient (Wildman–Crippen LogP) is 4.58. The number of anilines is 3. The Hall–Kier alpha value is -2.71. The minimum atomic E-state index is 0.496. The van der Waals surface area contributed by atoms with Gasteiger partial charge in [0.15, 0.2) is 10.9 Å². The van der Waals surface area contributed by atoms with Crippen LogP contribution in [0, 0.1) is 13.8 Å². The van der Waals surface area contributed by atoms with Gasteiger partial charge in [-0.3, -0.25) is 4.98 Å². The molecule has 6 nitrogen and oxygen atoms in total. The van der Waals surface area contributed by atoms with E-state index in [1.165, 1.54) is 18.1 Å². The number of benzene rings is 1. The van der Waals surface area contributed by atoms with E-state index in [0.717, 1.165) is 31.5 Å². The molecule has 130 valence electrons. The summed E-state index contributed by atoms with van der Waals surface area (Å²) in [6.45, 7) is 4.02. The second-order valence-electron chi connectivity index (χ2n) is 5.66. The number of para-hydroxylation sites is 1. The SMILES string of the molecule is Cc1nc(Nc2ncnc(Sc3cccc4cccnc34)c2N)sc1C. The lowest BCUT2D eigenvalue weighted by Crippen LogP contribution is -2.02. The van der Waals surface area contributed by atoms with Crippen molar-refractivity contribution in [1.29, 1.82) is 0 Å². The molecule has 8 heteroatoms. The van der Waals surface area contributed by atoms with Crippen molar-refractivity contribution < 1.29 is 0 Å². The smallest absolute Gasteiger partial charge is 0.188 e. The Balaban J connectivity index is 1.67. The molecule has 0 fully saturated rings. The summed E-state index contributed by atoms with van der Waals surface area (Å²) >= 11 is 3.06. The third kappa shape index (κ3) is 3.21. The molecule has 3 aromatic heterocycles. The van der Waals surface area contributed by atoms with Crippen LogP contribution in [0.2, 0.25) is 0 Å². The van der Waals surface area contributed by atoms with Crippen molar-refractivity contribution in [3.63, 3.8) is 0 Å². The van der Waals surface area contributed by atoms with Gasteiger partial charge in [-0.1, -0.05) is 30.0 Å². The largest absolute Gasteiger partial charge is 0.394 e. The lowest BCUT2D eigenvalue weighted by molar-refractivity contribution is 1.06. The molecule has 26 heavy (non-hydrogen) atoms. The molecule has 0 radical (unpaired) electrons. The Morgan fingerprint density at radius 1 is 1.08 bits per heavy atom. The summed E-state index contributed by atoms with van der Waals surface area (Å²) in [6, 6.07) is 10.0. The third-order valence-corrected chi connectivity index (χ3v) is 5.96. The fraction of sp³-hybridized carbons (Fsp3) is 0.111. The van der Waals surface area contributed by atoms with Crippen LogP contribution in [0.1, 0.15) is 10.6 Å². The minimum Gasteiger partial charge on any atom is -0.394 e. The monoisotopic (exact) mass is 380 g/mol. The van der Waals surface area contributed by atoms with E-state index in [-0.39, 0.29) is 0 Å². The first-order valence-corrected chi connectivity index (χ1v) is 9.58. The van der Waals surface area contributed by atoms with E-state index in [4.69, 9.17) is 5.73 Å². The lowest BCUT2D eigenvalue weighted by atomic mass is 10.2. The Bertz CT molecular complexity index is 1070. The zero-order valence-corrected chi connectivity index (χ0v) is 15.9. The average molecular weight is 381 g/mol. The molecule has 0 aliphatic heterocycles. The number of nitrogens with one attached hydrogen (secondary N) is 1. The van der Waals surface area contributed by atoms with Crippen LogP contribution in [0.15, 0.2) is 52.8 Å². The van der Waals surface area contributed by atoms with Crippen LogP contribution in [-0.2, 0) is 0 Å². The number of hydrogen-bond acceptors (Lipinski definition) is 8. The second-order valence-corrected chi connectivity index (χ2v) is 7.89.